The summed E-state index contributed by atoms with van der Waals surface area (Å²) in [6.07, 6.45) is 0. The number of hydrogen-bond acceptors (Lipinski definition) is 2. The molecule has 0 aliphatic carbocycles. The van der Waals surface area contributed by atoms with Gasteiger partial charge >= 0.3 is 0 Å². The molecular formula is C12H16N2. The summed E-state index contributed by atoms with van der Waals surface area (Å²) in [6, 6.07) is 12.5. The van der Waals surface area contributed by atoms with Crippen molar-refractivity contribution in [1.29, 1.82) is 5.26 Å². The average molecular weight is 188 g/mol. The van der Waals surface area contributed by atoms with E-state index < -0.39 is 0 Å². The first-order valence-corrected chi connectivity index (χ1v) is 4.95. The number of benzene rings is 1. The third-order valence-electron chi connectivity index (χ3n) is 2.37. The Morgan fingerprint density at radius 2 is 2.00 bits per heavy atom. The van der Waals surface area contributed by atoms with Gasteiger partial charge in [0.2, 0.25) is 0 Å². The van der Waals surface area contributed by atoms with E-state index in [4.69, 9.17) is 5.26 Å². The SMILES string of the molecule is CCN(Cc1ccccc1)C(C)C#N. The standard InChI is InChI=1S/C12H16N2/c1-3-14(11(2)9-13)10-12-7-5-4-6-8-12/h4-8,11H,3,10H2,1-2H3. The van der Waals surface area contributed by atoms with E-state index in [-0.39, 0.29) is 6.04 Å². The van der Waals surface area contributed by atoms with Gasteiger partial charge in [-0.25, -0.2) is 0 Å². The number of nitriles is 1. The fraction of sp³-hybridized carbons (Fsp3) is 0.417. The summed E-state index contributed by atoms with van der Waals surface area (Å²) in [4.78, 5) is 2.15. The molecule has 1 unspecified atom stereocenters. The number of nitrogens with zero attached hydrogens (tertiary/aromatic N) is 2. The van der Waals surface area contributed by atoms with Crippen LogP contribution in [0.5, 0.6) is 0 Å². The highest BCUT2D eigenvalue weighted by molar-refractivity contribution is 5.14. The summed E-state index contributed by atoms with van der Waals surface area (Å²) in [7, 11) is 0. The molecule has 0 N–H and O–H groups in total. The van der Waals surface area contributed by atoms with Crippen molar-refractivity contribution >= 4 is 0 Å². The van der Waals surface area contributed by atoms with Crippen LogP contribution < -0.4 is 0 Å². The lowest BCUT2D eigenvalue weighted by molar-refractivity contribution is 0.250. The first-order chi connectivity index (χ1) is 6.77. The zero-order chi connectivity index (χ0) is 10.4. The molecule has 0 radical (unpaired) electrons. The van der Waals surface area contributed by atoms with Gasteiger partial charge in [0.05, 0.1) is 12.1 Å². The van der Waals surface area contributed by atoms with Crippen molar-refractivity contribution in [3.05, 3.63) is 35.9 Å². The fourth-order valence-corrected chi connectivity index (χ4v) is 1.42. The van der Waals surface area contributed by atoms with Crippen LogP contribution in [0.15, 0.2) is 30.3 Å². The van der Waals surface area contributed by atoms with E-state index in [0.29, 0.717) is 0 Å². The maximum Gasteiger partial charge on any atom is 0.0952 e. The Balaban J connectivity index is 2.63. The Labute approximate surface area is 85.8 Å². The van der Waals surface area contributed by atoms with E-state index in [1.807, 2.05) is 25.1 Å². The topological polar surface area (TPSA) is 27.0 Å². The summed E-state index contributed by atoms with van der Waals surface area (Å²) < 4.78 is 0. The van der Waals surface area contributed by atoms with E-state index in [9.17, 15) is 0 Å². The highest BCUT2D eigenvalue weighted by atomic mass is 15.1. The molecule has 2 nitrogen and oxygen atoms in total. The zero-order valence-corrected chi connectivity index (χ0v) is 8.77. The molecule has 74 valence electrons. The zero-order valence-electron chi connectivity index (χ0n) is 8.77. The highest BCUT2D eigenvalue weighted by Gasteiger charge is 2.10. The molecule has 0 bridgehead atoms. The molecule has 1 aromatic carbocycles. The maximum absolute atomic E-state index is 8.82. The van der Waals surface area contributed by atoms with Crippen molar-refractivity contribution in [1.82, 2.24) is 4.90 Å². The minimum Gasteiger partial charge on any atom is -0.284 e. The monoisotopic (exact) mass is 188 g/mol. The van der Waals surface area contributed by atoms with Crippen LogP contribution in [0.4, 0.5) is 0 Å². The molecule has 0 aromatic heterocycles. The van der Waals surface area contributed by atoms with Gasteiger partial charge in [0.1, 0.15) is 0 Å². The molecule has 1 rings (SSSR count). The normalized spacial score (nSPS) is 12.4. The number of rotatable bonds is 4. The molecule has 0 amide bonds. The van der Waals surface area contributed by atoms with Crippen molar-refractivity contribution in [2.45, 2.75) is 26.4 Å². The molecule has 0 aliphatic heterocycles. The molecule has 14 heavy (non-hydrogen) atoms. The van der Waals surface area contributed by atoms with Crippen LogP contribution in [0, 0.1) is 11.3 Å². The second-order valence-corrected chi connectivity index (χ2v) is 3.35. The van der Waals surface area contributed by atoms with Crippen LogP contribution >= 0.6 is 0 Å². The highest BCUT2D eigenvalue weighted by Crippen LogP contribution is 2.06. The Kier molecular flexibility index (Phi) is 4.15. The van der Waals surface area contributed by atoms with Crippen LogP contribution in [0.25, 0.3) is 0 Å². The lowest BCUT2D eigenvalue weighted by atomic mass is 10.2. The van der Waals surface area contributed by atoms with Crippen molar-refractivity contribution in [3.8, 4) is 6.07 Å². The first kappa shape index (κ1) is 10.7. The van der Waals surface area contributed by atoms with E-state index in [1.54, 1.807) is 0 Å². The van der Waals surface area contributed by atoms with Crippen LogP contribution in [0.2, 0.25) is 0 Å². The molecule has 0 aliphatic rings. The third-order valence-corrected chi connectivity index (χ3v) is 2.37. The molecule has 0 fully saturated rings. The summed E-state index contributed by atoms with van der Waals surface area (Å²) in [5.41, 5.74) is 1.26. The van der Waals surface area contributed by atoms with Crippen molar-refractivity contribution < 1.29 is 0 Å². The Hall–Kier alpha value is -1.33. The predicted molar refractivity (Wildman–Crippen MR) is 57.6 cm³/mol. The molecule has 0 heterocycles. The summed E-state index contributed by atoms with van der Waals surface area (Å²) in [5.74, 6) is 0. The minimum atomic E-state index is -0.0137. The van der Waals surface area contributed by atoms with E-state index in [2.05, 4.69) is 30.0 Å². The first-order valence-electron chi connectivity index (χ1n) is 4.95. The predicted octanol–water partition coefficient (Wildman–Crippen LogP) is 2.42. The molecular weight excluding hydrogens is 172 g/mol. The van der Waals surface area contributed by atoms with Crippen LogP contribution in [0.1, 0.15) is 19.4 Å². The van der Waals surface area contributed by atoms with Gasteiger partial charge in [-0.3, -0.25) is 4.90 Å². The van der Waals surface area contributed by atoms with Crippen LogP contribution in [-0.2, 0) is 6.54 Å². The van der Waals surface area contributed by atoms with Gasteiger partial charge in [-0.15, -0.1) is 0 Å². The Morgan fingerprint density at radius 1 is 1.36 bits per heavy atom. The third kappa shape index (κ3) is 2.86. The number of hydrogen-bond donors (Lipinski definition) is 0. The van der Waals surface area contributed by atoms with Crippen molar-refractivity contribution in [3.63, 3.8) is 0 Å². The van der Waals surface area contributed by atoms with E-state index >= 15 is 0 Å². The van der Waals surface area contributed by atoms with Gasteiger partial charge < -0.3 is 0 Å². The van der Waals surface area contributed by atoms with Gasteiger partial charge in [-0.05, 0) is 19.0 Å². The summed E-state index contributed by atoms with van der Waals surface area (Å²) in [6.45, 7) is 5.78. The van der Waals surface area contributed by atoms with E-state index in [0.717, 1.165) is 13.1 Å². The van der Waals surface area contributed by atoms with Gasteiger partial charge in [0.15, 0.2) is 0 Å². The molecule has 2 heteroatoms. The van der Waals surface area contributed by atoms with Crippen LogP contribution in [0.3, 0.4) is 0 Å². The molecule has 1 aromatic rings. The molecule has 1 atom stereocenters. The summed E-state index contributed by atoms with van der Waals surface area (Å²) >= 11 is 0. The average Bonchev–Trinajstić information content (AvgIpc) is 2.26. The molecule has 0 saturated carbocycles. The maximum atomic E-state index is 8.82. The van der Waals surface area contributed by atoms with Crippen LogP contribution in [-0.4, -0.2) is 17.5 Å². The minimum absolute atomic E-state index is 0.0137. The Bertz CT molecular complexity index is 300. The van der Waals surface area contributed by atoms with Gasteiger partial charge in [0.25, 0.3) is 0 Å². The van der Waals surface area contributed by atoms with Gasteiger partial charge in [-0.1, -0.05) is 37.3 Å². The Morgan fingerprint density at radius 3 is 2.50 bits per heavy atom. The smallest absolute Gasteiger partial charge is 0.0952 e. The van der Waals surface area contributed by atoms with Gasteiger partial charge in [-0.2, -0.15) is 5.26 Å². The fourth-order valence-electron chi connectivity index (χ4n) is 1.42. The van der Waals surface area contributed by atoms with Crippen molar-refractivity contribution in [2.75, 3.05) is 6.54 Å². The second kappa shape index (κ2) is 5.41. The van der Waals surface area contributed by atoms with Gasteiger partial charge in [0, 0.05) is 6.54 Å². The quantitative estimate of drug-likeness (QED) is 0.725. The summed E-state index contributed by atoms with van der Waals surface area (Å²) in [5, 5.41) is 8.82. The van der Waals surface area contributed by atoms with E-state index in [1.165, 1.54) is 5.56 Å². The van der Waals surface area contributed by atoms with Crippen molar-refractivity contribution in [2.24, 2.45) is 0 Å². The second-order valence-electron chi connectivity index (χ2n) is 3.35. The lowest BCUT2D eigenvalue weighted by Crippen LogP contribution is -2.31. The molecule has 0 saturated heterocycles. The molecule has 0 spiro atoms. The largest absolute Gasteiger partial charge is 0.284 e. The lowest BCUT2D eigenvalue weighted by Gasteiger charge is -2.22.